The van der Waals surface area contributed by atoms with Crippen molar-refractivity contribution in [1.82, 2.24) is 0 Å². The van der Waals surface area contributed by atoms with Crippen molar-refractivity contribution >= 4 is 0 Å². The van der Waals surface area contributed by atoms with Crippen LogP contribution in [0.25, 0.3) is 0 Å². The Hall–Kier alpha value is -1.35. The molecular weight excluding hydrogens is 217 g/mol. The maximum Gasteiger partial charge on any atom is 0.165 e. The Balaban J connectivity index is 2.80. The Bertz CT molecular complexity index is 365. The van der Waals surface area contributed by atoms with Gasteiger partial charge in [-0.05, 0) is 30.9 Å². The van der Waals surface area contributed by atoms with Crippen molar-refractivity contribution in [2.75, 3.05) is 6.61 Å². The first-order chi connectivity index (χ1) is 8.19. The second-order valence-electron chi connectivity index (χ2n) is 4.03. The molecule has 94 valence electrons. The van der Waals surface area contributed by atoms with Crippen LogP contribution in [0.1, 0.15) is 25.3 Å². The van der Waals surface area contributed by atoms with E-state index >= 15 is 0 Å². The Labute approximate surface area is 102 Å². The van der Waals surface area contributed by atoms with Crippen LogP contribution in [0.5, 0.6) is 5.75 Å². The maximum absolute atomic E-state index is 13.6. The number of hydrogen-bond acceptors (Lipinski definition) is 2. The predicted octanol–water partition coefficient (Wildman–Crippen LogP) is 3.06. The molecule has 1 unspecified atom stereocenters. The summed E-state index contributed by atoms with van der Waals surface area (Å²) in [5.74, 6) is 0.00751. The van der Waals surface area contributed by atoms with Crippen LogP contribution in [0.3, 0.4) is 0 Å². The molecule has 2 nitrogen and oxygen atoms in total. The minimum atomic E-state index is -0.324. The van der Waals surface area contributed by atoms with E-state index in [-0.39, 0.29) is 11.9 Å². The van der Waals surface area contributed by atoms with E-state index in [1.54, 1.807) is 12.1 Å². The van der Waals surface area contributed by atoms with Gasteiger partial charge < -0.3 is 10.5 Å². The van der Waals surface area contributed by atoms with Crippen molar-refractivity contribution in [2.45, 2.75) is 32.2 Å². The molecule has 3 heteroatoms. The van der Waals surface area contributed by atoms with Crippen molar-refractivity contribution in [2.24, 2.45) is 5.73 Å². The van der Waals surface area contributed by atoms with Crippen LogP contribution in [-0.2, 0) is 6.42 Å². The molecule has 0 spiro atoms. The Morgan fingerprint density at radius 1 is 1.53 bits per heavy atom. The molecule has 1 aromatic rings. The summed E-state index contributed by atoms with van der Waals surface area (Å²) in [5.41, 5.74) is 6.72. The third-order valence-corrected chi connectivity index (χ3v) is 2.62. The van der Waals surface area contributed by atoms with E-state index in [0.29, 0.717) is 25.2 Å². The van der Waals surface area contributed by atoms with Crippen molar-refractivity contribution in [1.29, 1.82) is 0 Å². The highest BCUT2D eigenvalue weighted by molar-refractivity contribution is 5.35. The van der Waals surface area contributed by atoms with Crippen molar-refractivity contribution in [3.63, 3.8) is 0 Å². The molecule has 0 saturated carbocycles. The molecule has 17 heavy (non-hydrogen) atoms. The van der Waals surface area contributed by atoms with Gasteiger partial charge in [-0.1, -0.05) is 25.1 Å². The minimum absolute atomic E-state index is 0.0403. The fraction of sp³-hybridized carbons (Fsp3) is 0.429. The van der Waals surface area contributed by atoms with Gasteiger partial charge in [0.05, 0.1) is 6.61 Å². The Morgan fingerprint density at radius 3 is 2.94 bits per heavy atom. The molecule has 0 saturated heterocycles. The SMILES string of the molecule is C=CCCOc1c(F)cccc1CC(N)CC. The molecule has 0 aliphatic heterocycles. The molecule has 0 aliphatic carbocycles. The molecule has 0 radical (unpaired) electrons. The Morgan fingerprint density at radius 2 is 2.29 bits per heavy atom. The average molecular weight is 237 g/mol. The van der Waals surface area contributed by atoms with Crippen LogP contribution < -0.4 is 10.5 Å². The lowest BCUT2D eigenvalue weighted by Crippen LogP contribution is -2.22. The Kier molecular flexibility index (Phi) is 5.70. The van der Waals surface area contributed by atoms with E-state index < -0.39 is 0 Å². The average Bonchev–Trinajstić information content (AvgIpc) is 2.32. The number of nitrogens with two attached hydrogens (primary N) is 1. The first kappa shape index (κ1) is 13.7. The van der Waals surface area contributed by atoms with Gasteiger partial charge in [-0.25, -0.2) is 4.39 Å². The van der Waals surface area contributed by atoms with Gasteiger partial charge in [-0.2, -0.15) is 0 Å². The quantitative estimate of drug-likeness (QED) is 0.584. The summed E-state index contributed by atoms with van der Waals surface area (Å²) in [4.78, 5) is 0. The second-order valence-corrected chi connectivity index (χ2v) is 4.03. The van der Waals surface area contributed by atoms with E-state index in [9.17, 15) is 4.39 Å². The lowest BCUT2D eigenvalue weighted by molar-refractivity contribution is 0.303. The first-order valence-corrected chi connectivity index (χ1v) is 5.95. The first-order valence-electron chi connectivity index (χ1n) is 5.95. The van der Waals surface area contributed by atoms with Gasteiger partial charge in [0.1, 0.15) is 0 Å². The molecule has 0 amide bonds. The number of rotatable bonds is 7. The molecular formula is C14H20FNO. The molecule has 0 fully saturated rings. The number of para-hydroxylation sites is 1. The summed E-state index contributed by atoms with van der Waals surface area (Å²) in [5, 5.41) is 0. The molecule has 0 aliphatic rings. The molecule has 0 aromatic heterocycles. The van der Waals surface area contributed by atoms with Gasteiger partial charge >= 0.3 is 0 Å². The van der Waals surface area contributed by atoms with E-state index in [1.165, 1.54) is 6.07 Å². The second kappa shape index (κ2) is 7.07. The minimum Gasteiger partial charge on any atom is -0.490 e. The molecule has 1 atom stereocenters. The molecule has 1 aromatic carbocycles. The highest BCUT2D eigenvalue weighted by atomic mass is 19.1. The van der Waals surface area contributed by atoms with E-state index in [1.807, 2.05) is 13.0 Å². The van der Waals surface area contributed by atoms with Gasteiger partial charge in [-0.15, -0.1) is 6.58 Å². The summed E-state index contributed by atoms with van der Waals surface area (Å²) in [6.45, 7) is 6.06. The topological polar surface area (TPSA) is 35.2 Å². The van der Waals surface area contributed by atoms with Gasteiger partial charge in [0.2, 0.25) is 0 Å². The van der Waals surface area contributed by atoms with Crippen LogP contribution in [0.15, 0.2) is 30.9 Å². The monoisotopic (exact) mass is 237 g/mol. The van der Waals surface area contributed by atoms with Crippen LogP contribution >= 0.6 is 0 Å². The molecule has 2 N–H and O–H groups in total. The smallest absolute Gasteiger partial charge is 0.165 e. The zero-order chi connectivity index (χ0) is 12.7. The van der Waals surface area contributed by atoms with E-state index in [2.05, 4.69) is 6.58 Å². The standard InChI is InChI=1S/C14H20FNO/c1-3-5-9-17-14-11(10-12(16)4-2)7-6-8-13(14)15/h3,6-8,12H,1,4-5,9-10,16H2,2H3. The fourth-order valence-electron chi connectivity index (χ4n) is 1.55. The van der Waals surface area contributed by atoms with Crippen LogP contribution in [0, 0.1) is 5.82 Å². The highest BCUT2D eigenvalue weighted by Gasteiger charge is 2.12. The molecule has 0 bridgehead atoms. The summed E-state index contributed by atoms with van der Waals surface area (Å²) in [6.07, 6.45) is 3.95. The van der Waals surface area contributed by atoms with Gasteiger partial charge in [-0.3, -0.25) is 0 Å². The van der Waals surface area contributed by atoms with Crippen LogP contribution in [-0.4, -0.2) is 12.6 Å². The highest BCUT2D eigenvalue weighted by Crippen LogP contribution is 2.24. The van der Waals surface area contributed by atoms with Crippen molar-refractivity contribution < 1.29 is 9.13 Å². The van der Waals surface area contributed by atoms with Crippen molar-refractivity contribution in [3.8, 4) is 5.75 Å². The maximum atomic E-state index is 13.6. The normalized spacial score (nSPS) is 12.2. The molecule has 1 rings (SSSR count). The fourth-order valence-corrected chi connectivity index (χ4v) is 1.55. The van der Waals surface area contributed by atoms with Gasteiger partial charge in [0, 0.05) is 6.04 Å². The summed E-state index contributed by atoms with van der Waals surface area (Å²) in [6, 6.07) is 5.00. The van der Waals surface area contributed by atoms with Gasteiger partial charge in [0.25, 0.3) is 0 Å². The predicted molar refractivity (Wildman–Crippen MR) is 68.7 cm³/mol. The molecule has 0 heterocycles. The lowest BCUT2D eigenvalue weighted by Gasteiger charge is -2.14. The zero-order valence-electron chi connectivity index (χ0n) is 10.3. The summed E-state index contributed by atoms with van der Waals surface area (Å²) < 4.78 is 19.1. The number of halogens is 1. The number of hydrogen-bond donors (Lipinski definition) is 1. The number of ether oxygens (including phenoxy) is 1. The van der Waals surface area contributed by atoms with Crippen molar-refractivity contribution in [3.05, 3.63) is 42.2 Å². The third-order valence-electron chi connectivity index (χ3n) is 2.62. The lowest BCUT2D eigenvalue weighted by atomic mass is 10.0. The zero-order valence-corrected chi connectivity index (χ0v) is 10.3. The van der Waals surface area contributed by atoms with E-state index in [4.69, 9.17) is 10.5 Å². The number of benzene rings is 1. The van der Waals surface area contributed by atoms with Gasteiger partial charge in [0.15, 0.2) is 11.6 Å². The summed E-state index contributed by atoms with van der Waals surface area (Å²) in [7, 11) is 0. The van der Waals surface area contributed by atoms with Crippen LogP contribution in [0.4, 0.5) is 4.39 Å². The van der Waals surface area contributed by atoms with Crippen LogP contribution in [0.2, 0.25) is 0 Å². The third kappa shape index (κ3) is 4.19. The summed E-state index contributed by atoms with van der Waals surface area (Å²) >= 11 is 0. The van der Waals surface area contributed by atoms with E-state index in [0.717, 1.165) is 12.0 Å². The largest absolute Gasteiger partial charge is 0.490 e.